The lowest BCUT2D eigenvalue weighted by Crippen LogP contribution is -2.25. The van der Waals surface area contributed by atoms with Crippen LogP contribution in [-0.4, -0.2) is 37.0 Å². The fourth-order valence-electron chi connectivity index (χ4n) is 3.34. The third-order valence-electron chi connectivity index (χ3n) is 4.47. The van der Waals surface area contributed by atoms with Gasteiger partial charge in [0.05, 0.1) is 24.2 Å². The Morgan fingerprint density at radius 3 is 2.92 bits per heavy atom. The minimum atomic E-state index is -0.866. The van der Waals surface area contributed by atoms with Crippen LogP contribution in [0.15, 0.2) is 43.0 Å². The highest BCUT2D eigenvalue weighted by Gasteiger charge is 2.33. The van der Waals surface area contributed by atoms with E-state index in [4.69, 9.17) is 0 Å². The van der Waals surface area contributed by atoms with Crippen molar-refractivity contribution in [3.8, 4) is 0 Å². The molecule has 24 heavy (non-hydrogen) atoms. The Balaban J connectivity index is 1.64. The van der Waals surface area contributed by atoms with E-state index in [0.717, 1.165) is 17.4 Å². The van der Waals surface area contributed by atoms with E-state index in [-0.39, 0.29) is 6.04 Å². The summed E-state index contributed by atoms with van der Waals surface area (Å²) in [6.07, 6.45) is 6.95. The number of hydrogen-bond acceptors (Lipinski definition) is 4. The average Bonchev–Trinajstić information content (AvgIpc) is 3.14. The minimum absolute atomic E-state index is 0.164. The maximum Gasteiger partial charge on any atom is 0.159 e. The first-order chi connectivity index (χ1) is 11.6. The second-order valence-corrected chi connectivity index (χ2v) is 6.06. The Hall–Kier alpha value is -2.38. The number of aliphatic hydroxyl groups excluding tert-OH is 1. The van der Waals surface area contributed by atoms with Crippen molar-refractivity contribution in [1.29, 1.82) is 0 Å². The highest BCUT2D eigenvalue weighted by Crippen LogP contribution is 2.34. The quantitative estimate of drug-likeness (QED) is 0.801. The normalized spacial score (nSPS) is 21.6. The number of β-amino-alcohol motifs (C(OH)–C–C–N with tert-alkyl or cyclic N) is 1. The zero-order chi connectivity index (χ0) is 16.7. The predicted molar refractivity (Wildman–Crippen MR) is 83.1 cm³/mol. The second-order valence-electron chi connectivity index (χ2n) is 6.06. The number of likely N-dealkylation sites (tertiary alicyclic amines) is 1. The number of benzene rings is 1. The fraction of sp³-hybridized carbons (Fsp3) is 0.294. The molecule has 0 amide bonds. The topological polar surface area (TPSA) is 53.7 Å². The van der Waals surface area contributed by atoms with E-state index in [1.807, 2.05) is 10.6 Å². The van der Waals surface area contributed by atoms with E-state index in [1.165, 1.54) is 6.07 Å². The summed E-state index contributed by atoms with van der Waals surface area (Å²) in [5.74, 6) is -1.73. The monoisotopic (exact) mass is 330 g/mol. The van der Waals surface area contributed by atoms with Gasteiger partial charge in [0.15, 0.2) is 17.3 Å². The van der Waals surface area contributed by atoms with Crippen LogP contribution >= 0.6 is 0 Å². The molecule has 0 spiro atoms. The lowest BCUT2D eigenvalue weighted by Gasteiger charge is -2.24. The molecule has 0 bridgehead atoms. The van der Waals surface area contributed by atoms with Gasteiger partial charge in [-0.25, -0.2) is 13.8 Å². The smallest absolute Gasteiger partial charge is 0.159 e. The molecule has 5 nitrogen and oxygen atoms in total. The van der Waals surface area contributed by atoms with Gasteiger partial charge in [-0.3, -0.25) is 14.3 Å². The molecular formula is C17H16F2N4O. The van der Waals surface area contributed by atoms with Gasteiger partial charge < -0.3 is 5.11 Å². The van der Waals surface area contributed by atoms with E-state index >= 15 is 0 Å². The number of hydrogen-bond donors (Lipinski definition) is 1. The first-order valence-electron chi connectivity index (χ1n) is 7.75. The molecule has 7 heteroatoms. The minimum Gasteiger partial charge on any atom is -0.392 e. The van der Waals surface area contributed by atoms with Crippen LogP contribution in [0.4, 0.5) is 8.78 Å². The van der Waals surface area contributed by atoms with Crippen molar-refractivity contribution in [2.75, 3.05) is 6.54 Å². The van der Waals surface area contributed by atoms with E-state index in [2.05, 4.69) is 14.9 Å². The van der Waals surface area contributed by atoms with Crippen LogP contribution in [0.25, 0.3) is 5.65 Å². The summed E-state index contributed by atoms with van der Waals surface area (Å²) < 4.78 is 28.7. The molecule has 124 valence electrons. The summed E-state index contributed by atoms with van der Waals surface area (Å²) in [7, 11) is 0. The summed E-state index contributed by atoms with van der Waals surface area (Å²) in [5, 5.41) is 10.1. The van der Waals surface area contributed by atoms with Crippen LogP contribution in [0.2, 0.25) is 0 Å². The number of fused-ring (bicyclic) bond motifs is 1. The molecule has 2 unspecified atom stereocenters. The van der Waals surface area contributed by atoms with Gasteiger partial charge in [-0.1, -0.05) is 6.07 Å². The Labute approximate surface area is 137 Å². The molecule has 1 saturated heterocycles. The van der Waals surface area contributed by atoms with E-state index < -0.39 is 17.7 Å². The maximum atomic E-state index is 13.6. The zero-order valence-corrected chi connectivity index (χ0v) is 12.8. The van der Waals surface area contributed by atoms with Gasteiger partial charge in [-0.05, 0) is 24.1 Å². The Bertz CT molecular complexity index is 882. The van der Waals surface area contributed by atoms with Crippen LogP contribution < -0.4 is 0 Å². The van der Waals surface area contributed by atoms with Gasteiger partial charge in [0.2, 0.25) is 0 Å². The highest BCUT2D eigenvalue weighted by molar-refractivity contribution is 5.37. The van der Waals surface area contributed by atoms with Gasteiger partial charge in [0, 0.05) is 31.5 Å². The van der Waals surface area contributed by atoms with Crippen molar-refractivity contribution in [2.45, 2.75) is 25.1 Å². The lowest BCUT2D eigenvalue weighted by atomic mass is 10.0. The molecule has 3 heterocycles. The molecule has 1 aliphatic rings. The SMILES string of the molecule is OC1CC(c2ccc(F)c(F)c2)N(Cc2cnc3cnccn23)C1. The average molecular weight is 330 g/mol. The second kappa shape index (κ2) is 5.92. The first-order valence-corrected chi connectivity index (χ1v) is 7.75. The molecule has 1 aliphatic heterocycles. The standard InChI is InChI=1S/C17H16F2N4O/c18-14-2-1-11(5-15(14)19)16-6-13(24)10-22(16)9-12-7-21-17-8-20-3-4-23(12)17/h1-5,7-8,13,16,24H,6,9-10H2. The summed E-state index contributed by atoms with van der Waals surface area (Å²) in [6, 6.07) is 3.76. The van der Waals surface area contributed by atoms with E-state index in [0.29, 0.717) is 25.1 Å². The number of aliphatic hydroxyl groups is 1. The van der Waals surface area contributed by atoms with E-state index in [9.17, 15) is 13.9 Å². The number of nitrogens with zero attached hydrogens (tertiary/aromatic N) is 4. The molecule has 0 radical (unpaired) electrons. The summed E-state index contributed by atoms with van der Waals surface area (Å²) in [6.45, 7) is 1.02. The lowest BCUT2D eigenvalue weighted by molar-refractivity contribution is 0.172. The van der Waals surface area contributed by atoms with Crippen molar-refractivity contribution in [2.24, 2.45) is 0 Å². The predicted octanol–water partition coefficient (Wildman–Crippen LogP) is 2.32. The molecule has 3 aromatic rings. The summed E-state index contributed by atoms with van der Waals surface area (Å²) >= 11 is 0. The van der Waals surface area contributed by atoms with Crippen LogP contribution in [-0.2, 0) is 6.54 Å². The molecule has 1 aromatic carbocycles. The highest BCUT2D eigenvalue weighted by atomic mass is 19.2. The third kappa shape index (κ3) is 2.65. The van der Waals surface area contributed by atoms with Gasteiger partial charge in [0.25, 0.3) is 0 Å². The third-order valence-corrected chi connectivity index (χ3v) is 4.47. The first kappa shape index (κ1) is 15.2. The van der Waals surface area contributed by atoms with Crippen LogP contribution in [0.3, 0.4) is 0 Å². The van der Waals surface area contributed by atoms with Crippen molar-refractivity contribution >= 4 is 5.65 Å². The largest absolute Gasteiger partial charge is 0.392 e. The number of aromatic nitrogens is 3. The van der Waals surface area contributed by atoms with Gasteiger partial charge in [0.1, 0.15) is 0 Å². The number of rotatable bonds is 3. The molecule has 1 fully saturated rings. The molecule has 0 saturated carbocycles. The van der Waals surface area contributed by atoms with E-state index in [1.54, 1.807) is 24.7 Å². The van der Waals surface area contributed by atoms with Crippen molar-refractivity contribution < 1.29 is 13.9 Å². The van der Waals surface area contributed by atoms with Crippen molar-refractivity contribution in [3.63, 3.8) is 0 Å². The maximum absolute atomic E-state index is 13.6. The molecule has 4 rings (SSSR count). The molecule has 1 N–H and O–H groups in total. The van der Waals surface area contributed by atoms with Gasteiger partial charge in [-0.2, -0.15) is 0 Å². The molecular weight excluding hydrogens is 314 g/mol. The Morgan fingerprint density at radius 1 is 1.21 bits per heavy atom. The Morgan fingerprint density at radius 2 is 2.08 bits per heavy atom. The molecule has 2 atom stereocenters. The summed E-state index contributed by atoms with van der Waals surface area (Å²) in [4.78, 5) is 10.4. The van der Waals surface area contributed by atoms with Crippen LogP contribution in [0.1, 0.15) is 23.7 Å². The van der Waals surface area contributed by atoms with Crippen molar-refractivity contribution in [1.82, 2.24) is 19.3 Å². The fourth-order valence-corrected chi connectivity index (χ4v) is 3.34. The zero-order valence-electron chi connectivity index (χ0n) is 12.8. The summed E-state index contributed by atoms with van der Waals surface area (Å²) in [5.41, 5.74) is 2.37. The van der Waals surface area contributed by atoms with Crippen LogP contribution in [0, 0.1) is 11.6 Å². The van der Waals surface area contributed by atoms with Gasteiger partial charge >= 0.3 is 0 Å². The molecule has 0 aliphatic carbocycles. The number of halogens is 2. The number of imidazole rings is 1. The van der Waals surface area contributed by atoms with Crippen LogP contribution in [0.5, 0.6) is 0 Å². The molecule has 2 aromatic heterocycles. The Kier molecular flexibility index (Phi) is 3.74. The van der Waals surface area contributed by atoms with Crippen molar-refractivity contribution in [3.05, 3.63) is 65.9 Å². The van der Waals surface area contributed by atoms with Gasteiger partial charge in [-0.15, -0.1) is 0 Å².